The highest BCUT2D eigenvalue weighted by molar-refractivity contribution is 5.99. The number of rotatable bonds is 5. The lowest BCUT2D eigenvalue weighted by Crippen LogP contribution is -2.35. The van der Waals surface area contributed by atoms with Crippen molar-refractivity contribution in [1.82, 2.24) is 15.2 Å². The average Bonchev–Trinajstić information content (AvgIpc) is 3.17. The van der Waals surface area contributed by atoms with E-state index < -0.39 is 0 Å². The molecule has 0 unspecified atom stereocenters. The van der Waals surface area contributed by atoms with Crippen molar-refractivity contribution >= 4 is 22.7 Å². The molecule has 1 aliphatic heterocycles. The Morgan fingerprint density at radius 1 is 0.964 bits per heavy atom. The van der Waals surface area contributed by atoms with Gasteiger partial charge in [-0.25, -0.2) is 0 Å². The van der Waals surface area contributed by atoms with Gasteiger partial charge in [-0.15, -0.1) is 0 Å². The quantitative estimate of drug-likeness (QED) is 0.713. The van der Waals surface area contributed by atoms with Crippen LogP contribution >= 0.6 is 0 Å². The van der Waals surface area contributed by atoms with Crippen LogP contribution in [0.4, 0.5) is 0 Å². The maximum atomic E-state index is 12.7. The van der Waals surface area contributed by atoms with E-state index in [1.54, 1.807) is 24.3 Å². The fourth-order valence-corrected chi connectivity index (χ4v) is 3.82. The molecule has 3 aromatic rings. The van der Waals surface area contributed by atoms with Gasteiger partial charge in [0, 0.05) is 47.9 Å². The number of H-pyrrole nitrogens is 1. The molecule has 0 radical (unpaired) electrons. The highest BCUT2D eigenvalue weighted by Gasteiger charge is 2.19. The summed E-state index contributed by atoms with van der Waals surface area (Å²) in [5.74, 6) is -0.124. The van der Waals surface area contributed by atoms with Crippen molar-refractivity contribution in [3.05, 3.63) is 71.4 Å². The van der Waals surface area contributed by atoms with Gasteiger partial charge >= 0.3 is 0 Å². The lowest BCUT2D eigenvalue weighted by molar-refractivity contribution is 0.0724. The SMILES string of the molecule is O=C(NCCc1c[nH]c2ccccc12)c1cccc(C(=O)N2CCCCC2)c1. The van der Waals surface area contributed by atoms with Crippen LogP contribution in [0.3, 0.4) is 0 Å². The van der Waals surface area contributed by atoms with E-state index in [1.165, 1.54) is 17.4 Å². The number of hydrogen-bond donors (Lipinski definition) is 2. The third-order valence-corrected chi connectivity index (χ3v) is 5.37. The number of carbonyl (C=O) groups excluding carboxylic acids is 2. The molecule has 1 saturated heterocycles. The second-order valence-corrected chi connectivity index (χ2v) is 7.30. The first-order chi connectivity index (χ1) is 13.7. The van der Waals surface area contributed by atoms with Crippen LogP contribution < -0.4 is 5.32 Å². The number of aromatic amines is 1. The monoisotopic (exact) mass is 375 g/mol. The van der Waals surface area contributed by atoms with Crippen molar-refractivity contribution < 1.29 is 9.59 Å². The highest BCUT2D eigenvalue weighted by atomic mass is 16.2. The standard InChI is InChI=1S/C23H25N3O2/c27-22(24-12-11-19-16-25-21-10-3-2-9-20(19)21)17-7-6-8-18(15-17)23(28)26-13-4-1-5-14-26/h2-3,6-10,15-16,25H,1,4-5,11-14H2,(H,24,27). The summed E-state index contributed by atoms with van der Waals surface area (Å²) in [5.41, 5.74) is 3.41. The normalized spacial score (nSPS) is 14.2. The van der Waals surface area contributed by atoms with Crippen molar-refractivity contribution in [2.75, 3.05) is 19.6 Å². The minimum absolute atomic E-state index is 0.0214. The van der Waals surface area contributed by atoms with Gasteiger partial charge in [0.2, 0.25) is 0 Å². The van der Waals surface area contributed by atoms with Crippen LogP contribution in [-0.4, -0.2) is 41.3 Å². The summed E-state index contributed by atoms with van der Waals surface area (Å²) in [7, 11) is 0. The van der Waals surface area contributed by atoms with Crippen molar-refractivity contribution in [3.8, 4) is 0 Å². The second-order valence-electron chi connectivity index (χ2n) is 7.30. The Labute approximate surface area is 164 Å². The number of likely N-dealkylation sites (tertiary alicyclic amines) is 1. The topological polar surface area (TPSA) is 65.2 Å². The molecule has 5 heteroatoms. The average molecular weight is 375 g/mol. The van der Waals surface area contributed by atoms with Gasteiger partial charge in [-0.2, -0.15) is 0 Å². The number of nitrogens with zero attached hydrogens (tertiary/aromatic N) is 1. The molecule has 0 spiro atoms. The van der Waals surface area contributed by atoms with Crippen molar-refractivity contribution in [1.29, 1.82) is 0 Å². The van der Waals surface area contributed by atoms with Crippen LogP contribution in [-0.2, 0) is 6.42 Å². The van der Waals surface area contributed by atoms with E-state index in [1.807, 2.05) is 29.3 Å². The number of fused-ring (bicyclic) bond motifs is 1. The predicted octanol–water partition coefficient (Wildman–Crippen LogP) is 3.77. The molecule has 1 aromatic heterocycles. The first kappa shape index (κ1) is 18.3. The molecule has 0 aliphatic carbocycles. The van der Waals surface area contributed by atoms with Crippen LogP contribution in [0.5, 0.6) is 0 Å². The van der Waals surface area contributed by atoms with Gasteiger partial charge in [0.1, 0.15) is 0 Å². The van der Waals surface area contributed by atoms with E-state index in [0.29, 0.717) is 17.7 Å². The number of para-hydroxylation sites is 1. The van der Waals surface area contributed by atoms with Crippen LogP contribution in [0.1, 0.15) is 45.5 Å². The number of amides is 2. The number of aromatic nitrogens is 1. The summed E-state index contributed by atoms with van der Waals surface area (Å²) >= 11 is 0. The largest absolute Gasteiger partial charge is 0.361 e. The van der Waals surface area contributed by atoms with Crippen LogP contribution in [0.2, 0.25) is 0 Å². The van der Waals surface area contributed by atoms with E-state index in [2.05, 4.69) is 16.4 Å². The molecule has 2 N–H and O–H groups in total. The fraction of sp³-hybridized carbons (Fsp3) is 0.304. The van der Waals surface area contributed by atoms with E-state index in [0.717, 1.165) is 37.9 Å². The molecule has 0 saturated carbocycles. The van der Waals surface area contributed by atoms with Gasteiger partial charge < -0.3 is 15.2 Å². The minimum Gasteiger partial charge on any atom is -0.361 e. The molecule has 1 aliphatic rings. The zero-order valence-electron chi connectivity index (χ0n) is 15.9. The number of hydrogen-bond acceptors (Lipinski definition) is 2. The highest BCUT2D eigenvalue weighted by Crippen LogP contribution is 2.18. The van der Waals surface area contributed by atoms with Crippen molar-refractivity contribution in [3.63, 3.8) is 0 Å². The molecule has 0 bridgehead atoms. The number of nitrogens with one attached hydrogen (secondary N) is 2. The summed E-state index contributed by atoms with van der Waals surface area (Å²) < 4.78 is 0. The number of benzene rings is 2. The van der Waals surface area contributed by atoms with Gasteiger partial charge in [-0.1, -0.05) is 24.3 Å². The summed E-state index contributed by atoms with van der Waals surface area (Å²) in [6, 6.07) is 15.2. The van der Waals surface area contributed by atoms with E-state index in [9.17, 15) is 9.59 Å². The smallest absolute Gasteiger partial charge is 0.253 e. The lowest BCUT2D eigenvalue weighted by atomic mass is 10.1. The summed E-state index contributed by atoms with van der Waals surface area (Å²) in [6.07, 6.45) is 6.04. The van der Waals surface area contributed by atoms with Gasteiger partial charge in [0.15, 0.2) is 0 Å². The number of piperidine rings is 1. The molecule has 2 amide bonds. The molecular formula is C23H25N3O2. The molecule has 5 nitrogen and oxygen atoms in total. The van der Waals surface area contributed by atoms with Crippen LogP contribution in [0.25, 0.3) is 10.9 Å². The van der Waals surface area contributed by atoms with E-state index in [4.69, 9.17) is 0 Å². The predicted molar refractivity (Wildman–Crippen MR) is 111 cm³/mol. The molecule has 2 aromatic carbocycles. The van der Waals surface area contributed by atoms with Crippen molar-refractivity contribution in [2.45, 2.75) is 25.7 Å². The third kappa shape index (κ3) is 3.93. The molecule has 4 rings (SSSR count). The molecule has 1 fully saturated rings. The van der Waals surface area contributed by atoms with Crippen molar-refractivity contribution in [2.24, 2.45) is 0 Å². The Bertz CT molecular complexity index is 986. The lowest BCUT2D eigenvalue weighted by Gasteiger charge is -2.26. The zero-order valence-corrected chi connectivity index (χ0v) is 15.9. The second kappa shape index (κ2) is 8.30. The number of carbonyl (C=O) groups is 2. The van der Waals surface area contributed by atoms with Gasteiger partial charge in [-0.05, 0) is 55.5 Å². The Hall–Kier alpha value is -3.08. The molecular weight excluding hydrogens is 350 g/mol. The van der Waals surface area contributed by atoms with E-state index in [-0.39, 0.29) is 11.8 Å². The molecule has 144 valence electrons. The van der Waals surface area contributed by atoms with Gasteiger partial charge in [0.05, 0.1) is 0 Å². The maximum absolute atomic E-state index is 12.7. The Balaban J connectivity index is 1.37. The minimum atomic E-state index is -0.145. The maximum Gasteiger partial charge on any atom is 0.253 e. The van der Waals surface area contributed by atoms with Gasteiger partial charge in [-0.3, -0.25) is 9.59 Å². The van der Waals surface area contributed by atoms with Crippen LogP contribution in [0, 0.1) is 0 Å². The van der Waals surface area contributed by atoms with E-state index >= 15 is 0 Å². The summed E-state index contributed by atoms with van der Waals surface area (Å²) in [5, 5.41) is 4.16. The third-order valence-electron chi connectivity index (χ3n) is 5.37. The van der Waals surface area contributed by atoms with Crippen LogP contribution in [0.15, 0.2) is 54.7 Å². The Morgan fingerprint density at radius 2 is 1.75 bits per heavy atom. The Morgan fingerprint density at radius 3 is 2.61 bits per heavy atom. The molecule has 0 atom stereocenters. The summed E-state index contributed by atoms with van der Waals surface area (Å²) in [4.78, 5) is 30.3. The van der Waals surface area contributed by atoms with Gasteiger partial charge in [0.25, 0.3) is 11.8 Å². The fourth-order valence-electron chi connectivity index (χ4n) is 3.82. The molecule has 28 heavy (non-hydrogen) atoms. The Kier molecular flexibility index (Phi) is 5.42. The zero-order chi connectivity index (χ0) is 19.3. The first-order valence-corrected chi connectivity index (χ1v) is 9.95. The molecule has 2 heterocycles. The summed E-state index contributed by atoms with van der Waals surface area (Å²) in [6.45, 7) is 2.16. The first-order valence-electron chi connectivity index (χ1n) is 9.95.